The van der Waals surface area contributed by atoms with Crippen molar-refractivity contribution < 1.29 is 80.2 Å². The molecule has 19 heteroatoms. The van der Waals surface area contributed by atoms with Gasteiger partial charge in [0.15, 0.2) is 12.2 Å². The highest BCUT2D eigenvalue weighted by atomic mass is 31.2. The second kappa shape index (κ2) is 71.3. The molecule has 0 aliphatic heterocycles. The van der Waals surface area contributed by atoms with Crippen molar-refractivity contribution in [2.45, 2.75) is 439 Å². The molecule has 17 nitrogen and oxygen atoms in total. The summed E-state index contributed by atoms with van der Waals surface area (Å²) >= 11 is 0. The Kier molecular flexibility index (Phi) is 69.9. The second-order valence-corrected chi connectivity index (χ2v) is 33.5. The number of phosphoric acid groups is 2. The van der Waals surface area contributed by atoms with Gasteiger partial charge in [0.1, 0.15) is 19.3 Å². The summed E-state index contributed by atoms with van der Waals surface area (Å²) in [4.78, 5) is 73.0. The highest BCUT2D eigenvalue weighted by Gasteiger charge is 2.30. The lowest BCUT2D eigenvalue weighted by atomic mass is 10.0. The minimum absolute atomic E-state index is 0.107. The summed E-state index contributed by atoms with van der Waals surface area (Å²) in [6.45, 7) is 12.0. The SMILES string of the molecule is CCCCCCCCCCCCC(=O)OC[C@H](COP(=O)(O)OC[C@H](O)COP(=O)(O)OC[C@@H](COC(=O)CCCCCCCCCCCCCCC(C)C)OC(=O)CCCCCCCCCCCCCCCCCCCCC(C)C)OC(=O)CCCCCCCCCCCCCC(C)C. The summed E-state index contributed by atoms with van der Waals surface area (Å²) in [6, 6.07) is 0. The normalized spacial score (nSPS) is 14.0. The summed E-state index contributed by atoms with van der Waals surface area (Å²) < 4.78 is 68.7. The van der Waals surface area contributed by atoms with Crippen molar-refractivity contribution in [2.24, 2.45) is 17.8 Å². The third-order valence-electron chi connectivity index (χ3n) is 18.9. The van der Waals surface area contributed by atoms with Gasteiger partial charge in [0.25, 0.3) is 0 Å². The van der Waals surface area contributed by atoms with Gasteiger partial charge in [0, 0.05) is 25.7 Å². The summed E-state index contributed by atoms with van der Waals surface area (Å²) in [7, 11) is -9.92. The molecule has 0 radical (unpaired) electrons. The number of hydrogen-bond donors (Lipinski definition) is 3. The fourth-order valence-corrected chi connectivity index (χ4v) is 14.1. The molecule has 0 spiro atoms. The molecule has 0 bridgehead atoms. The van der Waals surface area contributed by atoms with E-state index >= 15 is 0 Å². The Morgan fingerprint density at radius 3 is 0.680 bits per heavy atom. The van der Waals surface area contributed by atoms with E-state index in [0.717, 1.165) is 108 Å². The average Bonchev–Trinajstić information content (AvgIpc) is 1.14. The zero-order valence-corrected chi connectivity index (χ0v) is 67.5. The van der Waals surface area contributed by atoms with Crippen LogP contribution in [0.25, 0.3) is 0 Å². The Bertz CT molecular complexity index is 1940. The smallest absolute Gasteiger partial charge is 0.462 e. The van der Waals surface area contributed by atoms with Crippen molar-refractivity contribution in [1.82, 2.24) is 0 Å². The maximum absolute atomic E-state index is 13.1. The Morgan fingerprint density at radius 1 is 0.270 bits per heavy atom. The van der Waals surface area contributed by atoms with Crippen LogP contribution in [0, 0.1) is 17.8 Å². The first kappa shape index (κ1) is 98.1. The fourth-order valence-electron chi connectivity index (χ4n) is 12.5. The minimum Gasteiger partial charge on any atom is -0.462 e. The van der Waals surface area contributed by atoms with Crippen molar-refractivity contribution >= 4 is 39.5 Å². The number of rotatable bonds is 79. The lowest BCUT2D eigenvalue weighted by Crippen LogP contribution is -2.30. The number of esters is 4. The van der Waals surface area contributed by atoms with Gasteiger partial charge in [0.05, 0.1) is 26.4 Å². The van der Waals surface area contributed by atoms with E-state index in [4.69, 9.17) is 37.0 Å². The number of phosphoric ester groups is 2. The highest BCUT2D eigenvalue weighted by Crippen LogP contribution is 2.45. The Labute approximate surface area is 613 Å². The summed E-state index contributed by atoms with van der Waals surface area (Å²) in [5.41, 5.74) is 0. The molecule has 0 aliphatic rings. The van der Waals surface area contributed by atoms with Gasteiger partial charge < -0.3 is 33.8 Å². The molecular formula is C81H158O17P2. The van der Waals surface area contributed by atoms with E-state index in [2.05, 4.69) is 48.5 Å². The number of carbonyl (C=O) groups excluding carboxylic acids is 4. The summed E-state index contributed by atoms with van der Waals surface area (Å²) in [5, 5.41) is 10.6. The van der Waals surface area contributed by atoms with Crippen LogP contribution in [0.5, 0.6) is 0 Å². The van der Waals surface area contributed by atoms with Crippen LogP contribution in [-0.4, -0.2) is 96.7 Å². The van der Waals surface area contributed by atoms with Gasteiger partial charge >= 0.3 is 39.5 Å². The van der Waals surface area contributed by atoms with E-state index in [1.807, 2.05) is 0 Å². The topological polar surface area (TPSA) is 237 Å². The van der Waals surface area contributed by atoms with Crippen LogP contribution in [0.4, 0.5) is 0 Å². The monoisotopic (exact) mass is 1470 g/mol. The van der Waals surface area contributed by atoms with Crippen molar-refractivity contribution in [3.05, 3.63) is 0 Å². The quantitative estimate of drug-likeness (QED) is 0.0222. The first-order valence-electron chi connectivity index (χ1n) is 41.8. The third-order valence-corrected chi connectivity index (χ3v) is 20.8. The molecule has 0 saturated heterocycles. The van der Waals surface area contributed by atoms with Gasteiger partial charge in [-0.2, -0.15) is 0 Å². The standard InChI is InChI=1S/C81H158O17P2/c1-8-9-10-11-12-13-34-41-48-55-62-78(83)91-68-76(98-81(86)65-58-51-44-37-30-24-27-33-40-47-54-61-74(6)7)70-95-99(87,88)93-66-75(82)67-94-100(89,90)96-71-77(69-92-79(84)63-56-49-42-35-28-23-22-26-32-39-46-53-60-73(4)5)97-80(85)64-57-50-43-36-29-21-19-17-15-14-16-18-20-25-31-38-45-52-59-72(2)3/h72-77,82H,8-71H2,1-7H3,(H,87,88)(H,89,90)/t75-,76+,77+/m0/s1. The zero-order chi connectivity index (χ0) is 73.7. The molecule has 0 aromatic carbocycles. The van der Waals surface area contributed by atoms with E-state index in [1.165, 1.54) is 231 Å². The number of ether oxygens (including phenoxy) is 4. The third kappa shape index (κ3) is 74.3. The Morgan fingerprint density at radius 2 is 0.460 bits per heavy atom. The molecule has 594 valence electrons. The summed E-state index contributed by atoms with van der Waals surface area (Å²) in [5.74, 6) is 0.257. The number of hydrogen-bond acceptors (Lipinski definition) is 15. The molecule has 0 heterocycles. The molecule has 0 aromatic heterocycles. The number of unbranched alkanes of at least 4 members (excludes halogenated alkanes) is 47. The second-order valence-electron chi connectivity index (χ2n) is 30.6. The molecule has 0 fully saturated rings. The van der Waals surface area contributed by atoms with Crippen molar-refractivity contribution in [3.8, 4) is 0 Å². The van der Waals surface area contributed by atoms with E-state index in [9.17, 15) is 43.2 Å². The van der Waals surface area contributed by atoms with E-state index in [0.29, 0.717) is 25.7 Å². The van der Waals surface area contributed by atoms with Crippen LogP contribution in [0.1, 0.15) is 421 Å². The van der Waals surface area contributed by atoms with Crippen LogP contribution in [0.3, 0.4) is 0 Å². The molecule has 0 saturated carbocycles. The fraction of sp³-hybridized carbons (Fsp3) is 0.951. The summed E-state index contributed by atoms with van der Waals surface area (Å²) in [6.07, 6.45) is 59.6. The van der Waals surface area contributed by atoms with Crippen LogP contribution in [0.15, 0.2) is 0 Å². The first-order valence-corrected chi connectivity index (χ1v) is 44.8. The number of carbonyl (C=O) groups is 4. The van der Waals surface area contributed by atoms with Gasteiger partial charge in [-0.3, -0.25) is 37.3 Å². The van der Waals surface area contributed by atoms with Crippen LogP contribution < -0.4 is 0 Å². The molecule has 2 unspecified atom stereocenters. The predicted octanol–water partition coefficient (Wildman–Crippen LogP) is 24.1. The molecule has 0 rings (SSSR count). The maximum Gasteiger partial charge on any atom is 0.472 e. The van der Waals surface area contributed by atoms with Gasteiger partial charge in [-0.15, -0.1) is 0 Å². The average molecular weight is 1470 g/mol. The largest absolute Gasteiger partial charge is 0.472 e. The van der Waals surface area contributed by atoms with Crippen LogP contribution in [0.2, 0.25) is 0 Å². The van der Waals surface area contributed by atoms with E-state index in [-0.39, 0.29) is 25.7 Å². The minimum atomic E-state index is -4.96. The number of aliphatic hydroxyl groups excluding tert-OH is 1. The van der Waals surface area contributed by atoms with Crippen molar-refractivity contribution in [2.75, 3.05) is 39.6 Å². The lowest BCUT2D eigenvalue weighted by molar-refractivity contribution is -0.161. The molecule has 0 amide bonds. The molecule has 0 aliphatic carbocycles. The van der Waals surface area contributed by atoms with E-state index < -0.39 is 97.5 Å². The van der Waals surface area contributed by atoms with Crippen molar-refractivity contribution in [1.29, 1.82) is 0 Å². The van der Waals surface area contributed by atoms with E-state index in [1.54, 1.807) is 0 Å². The molecule has 3 N–H and O–H groups in total. The molecular weight excluding hydrogens is 1310 g/mol. The van der Waals surface area contributed by atoms with Gasteiger partial charge in [-0.25, -0.2) is 9.13 Å². The van der Waals surface area contributed by atoms with Gasteiger partial charge in [-0.1, -0.05) is 370 Å². The van der Waals surface area contributed by atoms with Crippen molar-refractivity contribution in [3.63, 3.8) is 0 Å². The highest BCUT2D eigenvalue weighted by molar-refractivity contribution is 7.47. The Hall–Kier alpha value is -1.94. The van der Waals surface area contributed by atoms with Crippen LogP contribution >= 0.6 is 15.6 Å². The molecule has 100 heavy (non-hydrogen) atoms. The zero-order valence-electron chi connectivity index (χ0n) is 65.7. The predicted molar refractivity (Wildman–Crippen MR) is 409 cm³/mol. The molecule has 5 atom stereocenters. The maximum atomic E-state index is 13.1. The van der Waals surface area contributed by atoms with Gasteiger partial charge in [-0.05, 0) is 43.4 Å². The number of aliphatic hydroxyl groups is 1. The Balaban J connectivity index is 5.22. The van der Waals surface area contributed by atoms with Crippen LogP contribution in [-0.2, 0) is 65.4 Å². The lowest BCUT2D eigenvalue weighted by Gasteiger charge is -2.21. The molecule has 0 aromatic rings. The van der Waals surface area contributed by atoms with Gasteiger partial charge in [0.2, 0.25) is 0 Å². The first-order chi connectivity index (χ1) is 48.2.